The fourth-order valence-corrected chi connectivity index (χ4v) is 5.07. The molecule has 11 heteroatoms. The standard InChI is InChI=1S/C26H31FN4O6/c1-14-13-36-24-21-16(23(33)17(25(34)35)12-31(14)21)9-18(27)22(24)30-8-6-15(11-30)19(5-7-28)29-10-20(32)37-26(2,3)4/h9,12,14-15,19,29H,5-6,8,10-11,13H2,1-4H3,(H,34,35). The topological polar surface area (TPSA) is 134 Å². The van der Waals surface area contributed by atoms with E-state index in [0.29, 0.717) is 25.0 Å². The zero-order valence-corrected chi connectivity index (χ0v) is 21.3. The number of hydrogen-bond acceptors (Lipinski definition) is 8. The number of pyridine rings is 1. The van der Waals surface area contributed by atoms with Crippen LogP contribution >= 0.6 is 0 Å². The van der Waals surface area contributed by atoms with Gasteiger partial charge in [-0.3, -0.25) is 9.59 Å². The highest BCUT2D eigenvalue weighted by atomic mass is 19.1. The number of anilines is 1. The smallest absolute Gasteiger partial charge is 0.341 e. The molecule has 0 saturated carbocycles. The van der Waals surface area contributed by atoms with E-state index in [2.05, 4.69) is 11.4 Å². The number of aromatic nitrogens is 1. The minimum atomic E-state index is -1.37. The summed E-state index contributed by atoms with van der Waals surface area (Å²) in [6, 6.07) is 2.68. The molecule has 0 bridgehead atoms. The van der Waals surface area contributed by atoms with E-state index in [4.69, 9.17) is 9.47 Å². The van der Waals surface area contributed by atoms with Crippen molar-refractivity contribution in [1.82, 2.24) is 9.88 Å². The molecule has 10 nitrogen and oxygen atoms in total. The molecule has 1 fully saturated rings. The van der Waals surface area contributed by atoms with Crippen LogP contribution in [0.5, 0.6) is 5.75 Å². The molecule has 1 aromatic heterocycles. The van der Waals surface area contributed by atoms with Gasteiger partial charge in [0.25, 0.3) is 0 Å². The molecule has 0 spiro atoms. The number of rotatable bonds is 7. The van der Waals surface area contributed by atoms with Gasteiger partial charge in [0.15, 0.2) is 11.6 Å². The van der Waals surface area contributed by atoms with Crippen LogP contribution in [-0.4, -0.2) is 59.5 Å². The maximum absolute atomic E-state index is 15.5. The second-order valence-corrected chi connectivity index (χ2v) is 10.6. The third-order valence-electron chi connectivity index (χ3n) is 6.72. The molecule has 0 radical (unpaired) electrons. The number of nitriles is 1. The lowest BCUT2D eigenvalue weighted by Crippen LogP contribution is -2.42. The maximum atomic E-state index is 15.5. The number of carbonyl (C=O) groups is 2. The fourth-order valence-electron chi connectivity index (χ4n) is 5.07. The van der Waals surface area contributed by atoms with Gasteiger partial charge >= 0.3 is 11.9 Å². The van der Waals surface area contributed by atoms with E-state index in [1.165, 1.54) is 6.20 Å². The summed E-state index contributed by atoms with van der Waals surface area (Å²) >= 11 is 0. The fraction of sp³-hybridized carbons (Fsp3) is 0.538. The van der Waals surface area contributed by atoms with Crippen molar-refractivity contribution in [3.8, 4) is 11.8 Å². The summed E-state index contributed by atoms with van der Waals surface area (Å²) in [6.45, 7) is 8.19. The molecule has 198 valence electrons. The van der Waals surface area contributed by atoms with Crippen LogP contribution < -0.4 is 20.4 Å². The highest BCUT2D eigenvalue weighted by molar-refractivity contribution is 5.97. The molecular weight excluding hydrogens is 483 g/mol. The second-order valence-electron chi connectivity index (χ2n) is 10.6. The molecular formula is C26H31FN4O6. The number of carboxylic acids is 1. The largest absolute Gasteiger partial charge is 0.487 e. The number of benzene rings is 1. The Kier molecular flexibility index (Phi) is 7.15. The van der Waals surface area contributed by atoms with Gasteiger partial charge in [-0.15, -0.1) is 0 Å². The molecule has 2 aromatic rings. The second kappa shape index (κ2) is 10.0. The van der Waals surface area contributed by atoms with Gasteiger partial charge in [0, 0.05) is 25.3 Å². The molecule has 3 unspecified atom stereocenters. The maximum Gasteiger partial charge on any atom is 0.341 e. The number of nitrogens with one attached hydrogen (secondary N) is 1. The quantitative estimate of drug-likeness (QED) is 0.535. The number of carboxylic acid groups (broad SMARTS) is 1. The van der Waals surface area contributed by atoms with Crippen molar-refractivity contribution in [2.24, 2.45) is 5.92 Å². The minimum Gasteiger partial charge on any atom is -0.487 e. The molecule has 0 amide bonds. The summed E-state index contributed by atoms with van der Waals surface area (Å²) in [5, 5.41) is 21.9. The van der Waals surface area contributed by atoms with Gasteiger partial charge in [-0.2, -0.15) is 5.26 Å². The Balaban J connectivity index is 1.64. The van der Waals surface area contributed by atoms with Crippen LogP contribution in [0.2, 0.25) is 0 Å². The van der Waals surface area contributed by atoms with Crippen LogP contribution in [-0.2, 0) is 9.53 Å². The van der Waals surface area contributed by atoms with Crippen molar-refractivity contribution in [1.29, 1.82) is 5.26 Å². The van der Waals surface area contributed by atoms with Crippen molar-refractivity contribution in [3.63, 3.8) is 0 Å². The number of esters is 1. The van der Waals surface area contributed by atoms with Crippen molar-refractivity contribution < 1.29 is 28.6 Å². The Bertz CT molecular complexity index is 1340. The summed E-state index contributed by atoms with van der Waals surface area (Å²) in [7, 11) is 0. The van der Waals surface area contributed by atoms with Crippen molar-refractivity contribution in [3.05, 3.63) is 33.9 Å². The number of hydrogen-bond donors (Lipinski definition) is 2. The molecule has 2 aliphatic heterocycles. The van der Waals surface area contributed by atoms with Gasteiger partial charge in [-0.05, 0) is 46.1 Å². The summed E-state index contributed by atoms with van der Waals surface area (Å²) in [4.78, 5) is 38.4. The monoisotopic (exact) mass is 514 g/mol. The molecule has 0 aliphatic carbocycles. The van der Waals surface area contributed by atoms with Gasteiger partial charge in [0.1, 0.15) is 23.5 Å². The van der Waals surface area contributed by atoms with Crippen LogP contribution in [0.4, 0.5) is 10.1 Å². The Hall–Kier alpha value is -3.65. The lowest BCUT2D eigenvalue weighted by Gasteiger charge is -2.31. The molecule has 37 heavy (non-hydrogen) atoms. The third kappa shape index (κ3) is 5.25. The van der Waals surface area contributed by atoms with Gasteiger partial charge in [0.2, 0.25) is 5.43 Å². The summed E-state index contributed by atoms with van der Waals surface area (Å²) in [5.41, 5.74) is -1.23. The van der Waals surface area contributed by atoms with Crippen molar-refractivity contribution in [2.75, 3.05) is 31.1 Å². The first kappa shape index (κ1) is 26.4. The first-order chi connectivity index (χ1) is 17.4. The van der Waals surface area contributed by atoms with E-state index in [9.17, 15) is 24.8 Å². The first-order valence-electron chi connectivity index (χ1n) is 12.3. The Morgan fingerprint density at radius 3 is 2.78 bits per heavy atom. The third-order valence-corrected chi connectivity index (χ3v) is 6.72. The first-order valence-corrected chi connectivity index (χ1v) is 12.3. The number of ether oxygens (including phenoxy) is 2. The van der Waals surface area contributed by atoms with E-state index in [1.54, 1.807) is 25.3 Å². The van der Waals surface area contributed by atoms with Crippen LogP contribution in [0.3, 0.4) is 0 Å². The zero-order valence-electron chi connectivity index (χ0n) is 21.3. The lowest BCUT2D eigenvalue weighted by molar-refractivity contribution is -0.153. The zero-order chi connectivity index (χ0) is 27.1. The molecule has 4 rings (SSSR count). The number of halogens is 1. The van der Waals surface area contributed by atoms with Gasteiger partial charge in [-0.25, -0.2) is 9.18 Å². The minimum absolute atomic E-state index is 0.0418. The predicted octanol–water partition coefficient (Wildman–Crippen LogP) is 2.83. The van der Waals surface area contributed by atoms with Crippen molar-refractivity contribution >= 4 is 28.5 Å². The van der Waals surface area contributed by atoms with E-state index in [0.717, 1.165) is 6.07 Å². The summed E-state index contributed by atoms with van der Waals surface area (Å²) < 4.78 is 28.5. The number of carbonyl (C=O) groups excluding carboxylic acids is 1. The highest BCUT2D eigenvalue weighted by Crippen LogP contribution is 2.43. The molecule has 2 aliphatic rings. The Morgan fingerprint density at radius 1 is 1.41 bits per heavy atom. The molecule has 2 N–H and O–H groups in total. The lowest BCUT2D eigenvalue weighted by atomic mass is 9.96. The van der Waals surface area contributed by atoms with Crippen LogP contribution in [0, 0.1) is 23.1 Å². The van der Waals surface area contributed by atoms with E-state index in [1.807, 2.05) is 11.8 Å². The normalized spacial score (nSPS) is 19.8. The van der Waals surface area contributed by atoms with E-state index in [-0.39, 0.29) is 54.4 Å². The average Bonchev–Trinajstić information content (AvgIpc) is 3.28. The Labute approximate surface area is 213 Å². The molecule has 3 atom stereocenters. The SMILES string of the molecule is CC1COc2c(N3CCC(C(CC#N)NCC(=O)OC(C)(C)C)C3)c(F)cc3c(=O)c(C(=O)O)cn1c23. The molecule has 3 heterocycles. The van der Waals surface area contributed by atoms with E-state index < -0.39 is 34.3 Å². The highest BCUT2D eigenvalue weighted by Gasteiger charge is 2.35. The van der Waals surface area contributed by atoms with Gasteiger partial charge in [-0.1, -0.05) is 0 Å². The number of nitrogens with zero attached hydrogens (tertiary/aromatic N) is 3. The predicted molar refractivity (Wildman–Crippen MR) is 134 cm³/mol. The van der Waals surface area contributed by atoms with E-state index >= 15 is 4.39 Å². The molecule has 1 saturated heterocycles. The van der Waals surface area contributed by atoms with Crippen molar-refractivity contribution in [2.45, 2.75) is 58.2 Å². The summed E-state index contributed by atoms with van der Waals surface area (Å²) in [6.07, 6.45) is 2.10. The summed E-state index contributed by atoms with van der Waals surface area (Å²) in [5.74, 6) is -2.31. The number of aromatic carboxylic acids is 1. The molecule has 1 aromatic carbocycles. The van der Waals surface area contributed by atoms with Gasteiger partial charge in [0.05, 0.1) is 36.0 Å². The van der Waals surface area contributed by atoms with Crippen LogP contribution in [0.15, 0.2) is 17.1 Å². The Morgan fingerprint density at radius 2 is 2.14 bits per heavy atom. The van der Waals surface area contributed by atoms with Gasteiger partial charge < -0.3 is 29.4 Å². The van der Waals surface area contributed by atoms with Crippen LogP contribution in [0.25, 0.3) is 10.9 Å². The van der Waals surface area contributed by atoms with Crippen LogP contribution in [0.1, 0.15) is 56.9 Å². The average molecular weight is 515 g/mol.